The summed E-state index contributed by atoms with van der Waals surface area (Å²) >= 11 is 6.12. The van der Waals surface area contributed by atoms with Gasteiger partial charge in [-0.1, -0.05) is 17.7 Å². The average molecular weight is 397 g/mol. The van der Waals surface area contributed by atoms with Crippen LogP contribution in [-0.4, -0.2) is 33.7 Å². The number of ether oxygens (including phenoxy) is 1. The van der Waals surface area contributed by atoms with Gasteiger partial charge in [0.05, 0.1) is 19.1 Å². The minimum Gasteiger partial charge on any atom is -0.497 e. The molecule has 26 heavy (non-hydrogen) atoms. The second-order valence-electron chi connectivity index (χ2n) is 5.89. The Balaban J connectivity index is 2.29. The first-order chi connectivity index (χ1) is 12.1. The number of hydrogen-bond donors (Lipinski definition) is 1. The maximum absolute atomic E-state index is 12.6. The summed E-state index contributed by atoms with van der Waals surface area (Å²) in [4.78, 5) is 12.6. The summed E-state index contributed by atoms with van der Waals surface area (Å²) in [5.41, 5.74) is 1.69. The minimum atomic E-state index is -3.70. The standard InChI is InChI=1S/C18H21ClN2O4S/c1-12-5-8-15(11-17(12)19)21(26(4,23)24)13(2)18(22)20-14-6-9-16(25-3)10-7-14/h5-11,13H,1-4H3,(H,20,22). The summed E-state index contributed by atoms with van der Waals surface area (Å²) in [6.07, 6.45) is 1.05. The highest BCUT2D eigenvalue weighted by Gasteiger charge is 2.29. The third-order valence-electron chi connectivity index (χ3n) is 3.86. The van der Waals surface area contributed by atoms with Gasteiger partial charge in [-0.05, 0) is 55.8 Å². The molecule has 0 fully saturated rings. The number of halogens is 1. The van der Waals surface area contributed by atoms with Gasteiger partial charge in [-0.15, -0.1) is 0 Å². The predicted octanol–water partition coefficient (Wildman–Crippen LogP) is 3.45. The largest absolute Gasteiger partial charge is 0.497 e. The van der Waals surface area contributed by atoms with Crippen LogP contribution in [0.4, 0.5) is 11.4 Å². The molecule has 8 heteroatoms. The van der Waals surface area contributed by atoms with Gasteiger partial charge in [0.25, 0.3) is 0 Å². The SMILES string of the molecule is COc1ccc(NC(=O)C(C)N(c2ccc(C)c(Cl)c2)S(C)(=O)=O)cc1. The molecule has 0 aliphatic heterocycles. The zero-order valence-corrected chi connectivity index (χ0v) is 16.6. The molecular weight excluding hydrogens is 376 g/mol. The number of sulfonamides is 1. The lowest BCUT2D eigenvalue weighted by molar-refractivity contribution is -0.116. The molecule has 2 rings (SSSR count). The molecule has 0 bridgehead atoms. The zero-order valence-electron chi connectivity index (χ0n) is 15.0. The van der Waals surface area contributed by atoms with Gasteiger partial charge in [0, 0.05) is 10.7 Å². The Morgan fingerprint density at radius 3 is 2.31 bits per heavy atom. The number of hydrogen-bond acceptors (Lipinski definition) is 4. The van der Waals surface area contributed by atoms with Crippen molar-refractivity contribution in [2.75, 3.05) is 23.0 Å². The molecule has 1 N–H and O–H groups in total. The van der Waals surface area contributed by atoms with Crippen molar-refractivity contribution < 1.29 is 17.9 Å². The van der Waals surface area contributed by atoms with Crippen molar-refractivity contribution >= 4 is 38.9 Å². The van der Waals surface area contributed by atoms with E-state index < -0.39 is 22.0 Å². The number of carbonyl (C=O) groups is 1. The van der Waals surface area contributed by atoms with Gasteiger partial charge in [-0.2, -0.15) is 0 Å². The smallest absolute Gasteiger partial charge is 0.247 e. The van der Waals surface area contributed by atoms with Crippen molar-refractivity contribution in [1.29, 1.82) is 0 Å². The van der Waals surface area contributed by atoms with E-state index in [2.05, 4.69) is 5.32 Å². The summed E-state index contributed by atoms with van der Waals surface area (Å²) in [6.45, 7) is 3.34. The van der Waals surface area contributed by atoms with Crippen molar-refractivity contribution in [3.63, 3.8) is 0 Å². The van der Waals surface area contributed by atoms with E-state index in [0.29, 0.717) is 22.1 Å². The Bertz CT molecular complexity index is 898. The molecule has 1 amide bonds. The highest BCUT2D eigenvalue weighted by Crippen LogP contribution is 2.27. The van der Waals surface area contributed by atoms with E-state index >= 15 is 0 Å². The summed E-state index contributed by atoms with van der Waals surface area (Å²) in [5.74, 6) is 0.195. The Morgan fingerprint density at radius 1 is 1.19 bits per heavy atom. The topological polar surface area (TPSA) is 75.7 Å². The van der Waals surface area contributed by atoms with Gasteiger partial charge in [0.1, 0.15) is 11.8 Å². The second-order valence-corrected chi connectivity index (χ2v) is 8.15. The third kappa shape index (κ3) is 4.68. The molecule has 1 atom stereocenters. The minimum absolute atomic E-state index is 0.334. The molecule has 0 radical (unpaired) electrons. The van der Waals surface area contributed by atoms with Crippen LogP contribution in [0.15, 0.2) is 42.5 Å². The van der Waals surface area contributed by atoms with Crippen LogP contribution >= 0.6 is 11.6 Å². The van der Waals surface area contributed by atoms with Crippen LogP contribution in [0, 0.1) is 6.92 Å². The molecule has 2 aromatic rings. The Morgan fingerprint density at radius 2 is 1.81 bits per heavy atom. The third-order valence-corrected chi connectivity index (χ3v) is 5.50. The number of nitrogens with zero attached hydrogens (tertiary/aromatic N) is 1. The molecule has 1 unspecified atom stereocenters. The Kier molecular flexibility index (Phi) is 6.15. The number of benzene rings is 2. The maximum Gasteiger partial charge on any atom is 0.247 e. The van der Waals surface area contributed by atoms with E-state index in [9.17, 15) is 13.2 Å². The second kappa shape index (κ2) is 7.97. The van der Waals surface area contributed by atoms with E-state index in [4.69, 9.17) is 16.3 Å². The van der Waals surface area contributed by atoms with Crippen molar-refractivity contribution in [1.82, 2.24) is 0 Å². The number of methoxy groups -OCH3 is 1. The molecule has 0 aliphatic carbocycles. The van der Waals surface area contributed by atoms with Gasteiger partial charge in [-0.25, -0.2) is 8.42 Å². The lowest BCUT2D eigenvalue weighted by Crippen LogP contribution is -2.45. The lowest BCUT2D eigenvalue weighted by Gasteiger charge is -2.28. The highest BCUT2D eigenvalue weighted by molar-refractivity contribution is 7.92. The van der Waals surface area contributed by atoms with Crippen LogP contribution in [0.5, 0.6) is 5.75 Å². The van der Waals surface area contributed by atoms with Crippen LogP contribution in [0.1, 0.15) is 12.5 Å². The van der Waals surface area contributed by atoms with Gasteiger partial charge in [0.15, 0.2) is 0 Å². The number of carbonyl (C=O) groups excluding carboxylic acids is 1. The van der Waals surface area contributed by atoms with E-state index in [-0.39, 0.29) is 0 Å². The normalized spacial score (nSPS) is 12.3. The van der Waals surface area contributed by atoms with Gasteiger partial charge in [0.2, 0.25) is 15.9 Å². The van der Waals surface area contributed by atoms with Crippen molar-refractivity contribution in [2.45, 2.75) is 19.9 Å². The van der Waals surface area contributed by atoms with E-state index in [1.165, 1.54) is 13.0 Å². The molecule has 140 valence electrons. The van der Waals surface area contributed by atoms with Crippen LogP contribution in [0.25, 0.3) is 0 Å². The van der Waals surface area contributed by atoms with Gasteiger partial charge >= 0.3 is 0 Å². The van der Waals surface area contributed by atoms with E-state index in [0.717, 1.165) is 16.1 Å². The van der Waals surface area contributed by atoms with Gasteiger partial charge in [-0.3, -0.25) is 9.10 Å². The molecule has 0 aliphatic rings. The quantitative estimate of drug-likeness (QED) is 0.811. The van der Waals surface area contributed by atoms with Crippen molar-refractivity contribution in [3.05, 3.63) is 53.1 Å². The number of anilines is 2. The number of rotatable bonds is 6. The van der Waals surface area contributed by atoms with Crippen LogP contribution in [-0.2, 0) is 14.8 Å². The van der Waals surface area contributed by atoms with Gasteiger partial charge < -0.3 is 10.1 Å². The fraction of sp³-hybridized carbons (Fsp3) is 0.278. The molecule has 6 nitrogen and oxygen atoms in total. The fourth-order valence-electron chi connectivity index (χ4n) is 2.45. The first-order valence-corrected chi connectivity index (χ1v) is 10.1. The van der Waals surface area contributed by atoms with E-state index in [1.54, 1.807) is 43.5 Å². The predicted molar refractivity (Wildman–Crippen MR) is 105 cm³/mol. The van der Waals surface area contributed by atoms with Crippen LogP contribution in [0.2, 0.25) is 5.02 Å². The first-order valence-electron chi connectivity index (χ1n) is 7.84. The fourth-order valence-corrected chi connectivity index (χ4v) is 3.79. The molecule has 2 aromatic carbocycles. The van der Waals surface area contributed by atoms with Crippen LogP contribution in [0.3, 0.4) is 0 Å². The summed E-state index contributed by atoms with van der Waals surface area (Å²) < 4.78 is 30.7. The number of aryl methyl sites for hydroxylation is 1. The molecule has 0 saturated carbocycles. The molecular formula is C18H21ClN2O4S. The Labute approximate surface area is 158 Å². The lowest BCUT2D eigenvalue weighted by atomic mass is 10.2. The summed E-state index contributed by atoms with van der Waals surface area (Å²) in [7, 11) is -2.15. The first kappa shape index (κ1) is 20.1. The number of amides is 1. The highest BCUT2D eigenvalue weighted by atomic mass is 35.5. The van der Waals surface area contributed by atoms with Crippen LogP contribution < -0.4 is 14.4 Å². The summed E-state index contributed by atoms with van der Waals surface area (Å²) in [5, 5.41) is 3.14. The molecule has 0 aromatic heterocycles. The Hall–Kier alpha value is -2.25. The van der Waals surface area contributed by atoms with Crippen molar-refractivity contribution in [2.24, 2.45) is 0 Å². The van der Waals surface area contributed by atoms with Crippen molar-refractivity contribution in [3.8, 4) is 5.75 Å². The zero-order chi connectivity index (χ0) is 19.5. The summed E-state index contributed by atoms with van der Waals surface area (Å²) in [6, 6.07) is 10.7. The molecule has 0 heterocycles. The monoisotopic (exact) mass is 396 g/mol. The average Bonchev–Trinajstić information content (AvgIpc) is 2.57. The molecule has 0 saturated heterocycles. The maximum atomic E-state index is 12.6. The van der Waals surface area contributed by atoms with E-state index in [1.807, 2.05) is 6.92 Å². The molecule has 0 spiro atoms. The number of nitrogens with one attached hydrogen (secondary N) is 1.